The van der Waals surface area contributed by atoms with Crippen molar-refractivity contribution >= 4 is 67.1 Å². The normalized spacial score (nSPS) is 21.5. The molecule has 19 heteroatoms. The number of nitrogens with zero attached hydrogens (tertiary/aromatic N) is 5. The molecule has 0 N–H and O–H groups in total. The molecule has 0 aliphatic carbocycles. The fourth-order valence-electron chi connectivity index (χ4n) is 6.17. The maximum atomic E-state index is 13.9. The van der Waals surface area contributed by atoms with Gasteiger partial charge in [-0.2, -0.15) is 0 Å². The number of ether oxygens (including phenoxy) is 2. The van der Waals surface area contributed by atoms with E-state index in [1.165, 1.54) is 86.8 Å². The van der Waals surface area contributed by atoms with Gasteiger partial charge in [0.1, 0.15) is 24.6 Å². The molecule has 3 amide bonds. The molecule has 2 aromatic carbocycles. The van der Waals surface area contributed by atoms with Gasteiger partial charge >= 0.3 is 12.1 Å². The molecule has 0 bridgehead atoms. The molecule has 3 aliphatic rings. The fraction of sp³-hybridized carbons (Fsp3) is 0.500. The van der Waals surface area contributed by atoms with E-state index in [9.17, 15) is 39.4 Å². The lowest BCUT2D eigenvalue weighted by atomic mass is 9.92. The van der Waals surface area contributed by atoms with Crippen LogP contribution in [0.4, 0.5) is 16.2 Å². The number of nitro groups is 2. The highest BCUT2D eigenvalue weighted by Crippen LogP contribution is 2.56. The van der Waals surface area contributed by atoms with E-state index in [-0.39, 0.29) is 65.4 Å². The van der Waals surface area contributed by atoms with E-state index in [1.807, 2.05) is 6.92 Å². The molecule has 0 aromatic heterocycles. The van der Waals surface area contributed by atoms with Crippen LogP contribution in [0.3, 0.4) is 0 Å². The third kappa shape index (κ3) is 9.00. The molecule has 5 rings (SSSR count). The minimum absolute atomic E-state index is 0.0670. The molecule has 16 nitrogen and oxygen atoms in total. The van der Waals surface area contributed by atoms with Gasteiger partial charge in [0, 0.05) is 50.2 Å². The van der Waals surface area contributed by atoms with Crippen molar-refractivity contribution in [3.05, 3.63) is 89.8 Å². The number of likely N-dealkylation sites (tertiary alicyclic amines) is 1. The van der Waals surface area contributed by atoms with Gasteiger partial charge in [0.15, 0.2) is 14.0 Å². The minimum atomic E-state index is -2.26. The maximum absolute atomic E-state index is 13.9. The molecule has 296 valence electrons. The van der Waals surface area contributed by atoms with Gasteiger partial charge < -0.3 is 18.8 Å². The van der Waals surface area contributed by atoms with Crippen LogP contribution in [0.5, 0.6) is 0 Å². The Morgan fingerprint density at radius 1 is 0.964 bits per heavy atom. The second-order valence-electron chi connectivity index (χ2n) is 15.3. The number of fused-ring (bicyclic) bond motifs is 1. The number of non-ortho nitro benzene ring substituents is 2. The zero-order valence-electron chi connectivity index (χ0n) is 31.9. The number of esters is 1. The number of carbonyl (C=O) groups excluding carboxylic acids is 4. The van der Waals surface area contributed by atoms with Gasteiger partial charge in [0.25, 0.3) is 11.4 Å². The molecule has 5 atom stereocenters. The number of benzene rings is 2. The summed E-state index contributed by atoms with van der Waals surface area (Å²) in [6.07, 6.45) is -0.942. The predicted molar refractivity (Wildman–Crippen MR) is 208 cm³/mol. The highest BCUT2D eigenvalue weighted by atomic mass is 32.2. The van der Waals surface area contributed by atoms with Gasteiger partial charge in [-0.15, -0.1) is 11.8 Å². The van der Waals surface area contributed by atoms with Gasteiger partial charge in [0.2, 0.25) is 11.8 Å². The summed E-state index contributed by atoms with van der Waals surface area (Å²) in [5, 5.41) is 21.2. The first-order valence-electron chi connectivity index (χ1n) is 17.6. The Hall–Kier alpha value is -4.46. The van der Waals surface area contributed by atoms with E-state index in [0.717, 1.165) is 0 Å². The van der Waals surface area contributed by atoms with Gasteiger partial charge in [-0.3, -0.25) is 39.6 Å². The van der Waals surface area contributed by atoms with E-state index in [4.69, 9.17) is 13.9 Å². The molecule has 2 fully saturated rings. The maximum Gasteiger partial charge on any atom is 0.410 e. The predicted octanol–water partition coefficient (Wildman–Crippen LogP) is 6.26. The van der Waals surface area contributed by atoms with E-state index in [1.54, 1.807) is 14.1 Å². The first-order chi connectivity index (χ1) is 25.7. The lowest BCUT2D eigenvalue weighted by Crippen LogP contribution is -2.62. The molecule has 0 saturated carbocycles. The average molecular weight is 816 g/mol. The SMILES string of the molecule is C[C@@H](O[Si](C)(C)C(C)(C)C)[C@H]1C(=O)N2C(C(=O)OCc3ccc([N+](=O)[O-])cc3)=C(S[C@H]3C[C@@H](C(=O)N(C)C)N(C(=O)OCc4ccc([N+](=O)[O-])cc4)C3)S[C@H]12. The lowest BCUT2D eigenvalue weighted by Gasteiger charge is -2.48. The van der Waals surface area contributed by atoms with E-state index < -0.39 is 53.7 Å². The van der Waals surface area contributed by atoms with Gasteiger partial charge in [-0.05, 0) is 66.9 Å². The van der Waals surface area contributed by atoms with Crippen LogP contribution in [-0.4, -0.2) is 100 Å². The summed E-state index contributed by atoms with van der Waals surface area (Å²) in [4.78, 5) is 79.7. The smallest absolute Gasteiger partial charge is 0.410 e. The molecule has 0 radical (unpaired) electrons. The number of nitro benzene ring substituents is 2. The Morgan fingerprint density at radius 3 is 1.98 bits per heavy atom. The number of thioether (sulfide) groups is 2. The fourth-order valence-corrected chi connectivity index (χ4v) is 10.9. The van der Waals surface area contributed by atoms with Crippen molar-refractivity contribution in [1.29, 1.82) is 0 Å². The summed E-state index contributed by atoms with van der Waals surface area (Å²) in [7, 11) is 0.909. The Labute approximate surface area is 328 Å². The number of rotatable bonds is 13. The molecular formula is C36H45N5O11S2Si. The van der Waals surface area contributed by atoms with E-state index in [0.29, 0.717) is 15.4 Å². The van der Waals surface area contributed by atoms with Crippen LogP contribution in [-0.2, 0) is 41.5 Å². The third-order valence-electron chi connectivity index (χ3n) is 10.3. The number of hydrogen-bond acceptors (Lipinski definition) is 13. The largest absolute Gasteiger partial charge is 0.456 e. The molecule has 0 unspecified atom stereocenters. The number of β-lactam (4-membered cyclic amide) rings is 1. The zero-order chi connectivity index (χ0) is 40.6. The molecule has 3 heterocycles. The Kier molecular flexibility index (Phi) is 12.4. The average Bonchev–Trinajstić information content (AvgIpc) is 3.68. The Morgan fingerprint density at radius 2 is 1.49 bits per heavy atom. The van der Waals surface area contributed by atoms with Gasteiger partial charge in [-0.1, -0.05) is 32.5 Å². The summed E-state index contributed by atoms with van der Waals surface area (Å²) < 4.78 is 18.4. The van der Waals surface area contributed by atoms with Crippen LogP contribution in [0.25, 0.3) is 0 Å². The minimum Gasteiger partial charge on any atom is -0.456 e. The van der Waals surface area contributed by atoms with Crippen molar-refractivity contribution in [2.75, 3.05) is 20.6 Å². The Balaban J connectivity index is 1.36. The summed E-state index contributed by atoms with van der Waals surface area (Å²) in [6, 6.07) is 10.3. The summed E-state index contributed by atoms with van der Waals surface area (Å²) in [5.74, 6) is -1.88. The topological polar surface area (TPSA) is 192 Å². The summed E-state index contributed by atoms with van der Waals surface area (Å²) >= 11 is 2.64. The van der Waals surface area contributed by atoms with Crippen LogP contribution in [0, 0.1) is 26.1 Å². The van der Waals surface area contributed by atoms with Crippen molar-refractivity contribution in [2.24, 2.45) is 5.92 Å². The molecule has 55 heavy (non-hydrogen) atoms. The van der Waals surface area contributed by atoms with Gasteiger partial charge in [-0.25, -0.2) is 9.59 Å². The van der Waals surface area contributed by atoms with Crippen molar-refractivity contribution < 1.29 is 42.9 Å². The van der Waals surface area contributed by atoms with E-state index in [2.05, 4.69) is 33.9 Å². The number of carbonyl (C=O) groups is 4. The number of hydrogen-bond donors (Lipinski definition) is 0. The third-order valence-corrected chi connectivity index (χ3v) is 17.6. The quantitative estimate of drug-likeness (QED) is 0.0725. The zero-order valence-corrected chi connectivity index (χ0v) is 34.5. The highest BCUT2D eigenvalue weighted by Gasteiger charge is 2.60. The second-order valence-corrected chi connectivity index (χ2v) is 22.8. The number of likely N-dealkylation sites (N-methyl/N-ethyl adjacent to an activating group) is 1. The van der Waals surface area contributed by atoms with Crippen molar-refractivity contribution in [2.45, 2.75) is 88.2 Å². The van der Waals surface area contributed by atoms with Crippen molar-refractivity contribution in [3.63, 3.8) is 0 Å². The van der Waals surface area contributed by atoms with Crippen LogP contribution in [0.15, 0.2) is 58.5 Å². The summed E-state index contributed by atoms with van der Waals surface area (Å²) in [5.41, 5.74) is 0.903. The lowest BCUT2D eigenvalue weighted by molar-refractivity contribution is -0.385. The van der Waals surface area contributed by atoms with Crippen LogP contribution >= 0.6 is 23.5 Å². The van der Waals surface area contributed by atoms with Crippen LogP contribution in [0.1, 0.15) is 45.2 Å². The van der Waals surface area contributed by atoms with E-state index >= 15 is 0 Å². The molecule has 2 saturated heterocycles. The first kappa shape index (κ1) is 41.7. The molecule has 0 spiro atoms. The first-order valence-corrected chi connectivity index (χ1v) is 22.2. The van der Waals surface area contributed by atoms with Crippen molar-refractivity contribution in [3.8, 4) is 0 Å². The van der Waals surface area contributed by atoms with Crippen molar-refractivity contribution in [1.82, 2.24) is 14.7 Å². The number of amides is 3. The van der Waals surface area contributed by atoms with Crippen LogP contribution in [0.2, 0.25) is 18.1 Å². The summed E-state index contributed by atoms with van der Waals surface area (Å²) in [6.45, 7) is 12.2. The Bertz CT molecular complexity index is 1890. The molecule has 3 aliphatic heterocycles. The van der Waals surface area contributed by atoms with Crippen LogP contribution < -0.4 is 0 Å². The monoisotopic (exact) mass is 815 g/mol. The van der Waals surface area contributed by atoms with Gasteiger partial charge in [0.05, 0.1) is 26.1 Å². The molecular weight excluding hydrogens is 771 g/mol. The standard InChI is InChI=1S/C36H45N5O11S2Si/c1-21(52-55(7,8)36(2,3)4)28-31(43)39-29(33(44)50-19-22-9-13-24(14-10-22)40(46)47)34(54-32(28)39)53-26-17-27(30(42)37(5)6)38(18-26)35(45)51-20-23-11-15-25(16-12-23)41(48)49/h9-16,21,26-28,32H,17-20H2,1-8H3/t21-,26+,27+,28+,32-/m1/s1. The molecule has 2 aromatic rings. The highest BCUT2D eigenvalue weighted by molar-refractivity contribution is 8.23. The second kappa shape index (κ2) is 16.3.